The summed E-state index contributed by atoms with van der Waals surface area (Å²) in [6, 6.07) is 7.98. The highest BCUT2D eigenvalue weighted by atomic mass is 32.2. The van der Waals surface area contributed by atoms with Gasteiger partial charge in [-0.2, -0.15) is 0 Å². The molecule has 0 saturated heterocycles. The van der Waals surface area contributed by atoms with E-state index in [1.54, 1.807) is 0 Å². The molecule has 0 radical (unpaired) electrons. The third-order valence-electron chi connectivity index (χ3n) is 3.34. The van der Waals surface area contributed by atoms with Gasteiger partial charge in [0.2, 0.25) is 0 Å². The second-order valence-corrected chi connectivity index (χ2v) is 5.91. The van der Waals surface area contributed by atoms with Gasteiger partial charge >= 0.3 is 0 Å². The summed E-state index contributed by atoms with van der Waals surface area (Å²) in [5, 5.41) is 0. The van der Waals surface area contributed by atoms with Crippen LogP contribution in [0.1, 0.15) is 31.8 Å². The first-order valence-electron chi connectivity index (χ1n) is 5.89. The van der Waals surface area contributed by atoms with Crippen LogP contribution in [0.15, 0.2) is 41.3 Å². The predicted octanol–water partition coefficient (Wildman–Crippen LogP) is 0.948. The molecule has 0 saturated carbocycles. The number of rotatable bonds is 1. The molecule has 7 heteroatoms. The highest BCUT2D eigenvalue weighted by Crippen LogP contribution is 2.33. The number of hydrogen-bond donors (Lipinski definition) is 1. The van der Waals surface area contributed by atoms with E-state index in [4.69, 9.17) is 5.73 Å². The second-order valence-electron chi connectivity index (χ2n) is 4.56. The van der Waals surface area contributed by atoms with Crippen LogP contribution in [-0.2, 0) is 10.1 Å². The van der Waals surface area contributed by atoms with Crippen molar-refractivity contribution in [1.29, 1.82) is 0 Å². The summed E-state index contributed by atoms with van der Waals surface area (Å²) in [4.78, 5) is 24.2. The van der Waals surface area contributed by atoms with Crippen LogP contribution in [0.5, 0.6) is 0 Å². The summed E-state index contributed by atoms with van der Waals surface area (Å²) in [7, 11) is -4.88. The van der Waals surface area contributed by atoms with E-state index in [1.807, 2.05) is 0 Å². The van der Waals surface area contributed by atoms with Crippen LogP contribution in [0.3, 0.4) is 0 Å². The molecule has 0 fully saturated rings. The van der Waals surface area contributed by atoms with E-state index >= 15 is 0 Å². The van der Waals surface area contributed by atoms with E-state index in [0.717, 1.165) is 6.07 Å². The first kappa shape index (κ1) is 13.5. The smallest absolute Gasteiger partial charge is 0.197 e. The van der Waals surface area contributed by atoms with E-state index in [1.165, 1.54) is 30.3 Å². The average Bonchev–Trinajstić information content (AvgIpc) is 2.43. The van der Waals surface area contributed by atoms with E-state index in [-0.39, 0.29) is 22.4 Å². The lowest BCUT2D eigenvalue weighted by molar-refractivity contribution is 0.0977. The molecule has 1 aliphatic rings. The Bertz CT molecular complexity index is 915. The maximum atomic E-state index is 12.5. The SMILES string of the molecule is Nc1cccc2c1C(=O)c1c(cccc1S(=O)(=O)[O-])C2=O. The monoisotopic (exact) mass is 302 g/mol. The Morgan fingerprint density at radius 3 is 2.05 bits per heavy atom. The Kier molecular flexibility index (Phi) is 2.72. The number of nitrogen functional groups attached to an aromatic ring is 1. The molecule has 2 aromatic rings. The van der Waals surface area contributed by atoms with Crippen LogP contribution in [0, 0.1) is 0 Å². The van der Waals surface area contributed by atoms with Crippen LogP contribution in [0.25, 0.3) is 0 Å². The highest BCUT2D eigenvalue weighted by Gasteiger charge is 2.34. The van der Waals surface area contributed by atoms with Gasteiger partial charge in [-0.3, -0.25) is 9.59 Å². The normalized spacial score (nSPS) is 13.8. The zero-order chi connectivity index (χ0) is 15.4. The fraction of sp³-hybridized carbons (Fsp3) is 0. The fourth-order valence-corrected chi connectivity index (χ4v) is 3.14. The molecule has 0 amide bonds. The van der Waals surface area contributed by atoms with E-state index < -0.39 is 32.1 Å². The Labute approximate surface area is 120 Å². The number of anilines is 1. The predicted molar refractivity (Wildman–Crippen MR) is 72.1 cm³/mol. The summed E-state index contributed by atoms with van der Waals surface area (Å²) in [6.07, 6.45) is 0. The first-order chi connectivity index (χ1) is 9.82. The largest absolute Gasteiger partial charge is 0.744 e. The lowest BCUT2D eigenvalue weighted by Gasteiger charge is -2.22. The minimum Gasteiger partial charge on any atom is -0.744 e. The molecule has 1 aliphatic carbocycles. The number of fused-ring (bicyclic) bond motifs is 2. The molecule has 2 aromatic carbocycles. The Balaban J connectivity index is 2.43. The third-order valence-corrected chi connectivity index (χ3v) is 4.21. The molecule has 21 heavy (non-hydrogen) atoms. The van der Waals surface area contributed by atoms with E-state index in [2.05, 4.69) is 0 Å². The van der Waals surface area contributed by atoms with Crippen molar-refractivity contribution in [2.75, 3.05) is 5.73 Å². The van der Waals surface area contributed by atoms with Gasteiger partial charge < -0.3 is 10.3 Å². The minimum absolute atomic E-state index is 0.0638. The van der Waals surface area contributed by atoms with Gasteiger partial charge in [0.15, 0.2) is 11.6 Å². The average molecular weight is 302 g/mol. The highest BCUT2D eigenvalue weighted by molar-refractivity contribution is 7.85. The van der Waals surface area contributed by atoms with E-state index in [0.29, 0.717) is 0 Å². The van der Waals surface area contributed by atoms with Gasteiger partial charge in [0.25, 0.3) is 0 Å². The molecule has 0 spiro atoms. The van der Waals surface area contributed by atoms with Crippen molar-refractivity contribution >= 4 is 27.4 Å². The van der Waals surface area contributed by atoms with Crippen LogP contribution < -0.4 is 5.73 Å². The molecule has 0 heterocycles. The van der Waals surface area contributed by atoms with Crippen molar-refractivity contribution in [3.05, 3.63) is 58.7 Å². The minimum atomic E-state index is -4.88. The standard InChI is InChI=1S/C14H9NO5S/c15-9-5-1-3-7-11(9)14(17)12-8(13(7)16)4-2-6-10(12)21(18,19)20/h1-6H,15H2,(H,18,19,20)/p-1. The number of carbonyl (C=O) groups is 2. The van der Waals surface area contributed by atoms with Crippen molar-refractivity contribution in [3.8, 4) is 0 Å². The lowest BCUT2D eigenvalue weighted by atomic mass is 9.83. The van der Waals surface area contributed by atoms with Crippen molar-refractivity contribution < 1.29 is 22.6 Å². The lowest BCUT2D eigenvalue weighted by Crippen LogP contribution is -2.24. The summed E-state index contributed by atoms with van der Waals surface area (Å²) >= 11 is 0. The first-order valence-corrected chi connectivity index (χ1v) is 7.30. The maximum absolute atomic E-state index is 12.5. The van der Waals surface area contributed by atoms with Gasteiger partial charge in [-0.15, -0.1) is 0 Å². The summed E-state index contributed by atoms with van der Waals surface area (Å²) in [5.41, 5.74) is 5.31. The molecule has 0 aliphatic heterocycles. The summed E-state index contributed by atoms with van der Waals surface area (Å²) in [6.45, 7) is 0. The molecular weight excluding hydrogens is 294 g/mol. The molecule has 0 unspecified atom stereocenters. The molecule has 6 nitrogen and oxygen atoms in total. The molecule has 0 bridgehead atoms. The topological polar surface area (TPSA) is 117 Å². The van der Waals surface area contributed by atoms with Gasteiger partial charge in [0, 0.05) is 16.8 Å². The van der Waals surface area contributed by atoms with Crippen molar-refractivity contribution in [1.82, 2.24) is 0 Å². The zero-order valence-electron chi connectivity index (χ0n) is 10.5. The van der Waals surface area contributed by atoms with Gasteiger partial charge in [-0.1, -0.05) is 24.3 Å². The van der Waals surface area contributed by atoms with Gasteiger partial charge in [0.1, 0.15) is 10.1 Å². The molecule has 0 aromatic heterocycles. The molecule has 0 atom stereocenters. The summed E-state index contributed by atoms with van der Waals surface area (Å²) in [5.74, 6) is -1.26. The van der Waals surface area contributed by atoms with Crippen LogP contribution in [-0.4, -0.2) is 24.5 Å². The summed E-state index contributed by atoms with van der Waals surface area (Å²) < 4.78 is 33.9. The number of benzene rings is 2. The van der Waals surface area contributed by atoms with E-state index in [9.17, 15) is 22.6 Å². The van der Waals surface area contributed by atoms with Crippen LogP contribution in [0.4, 0.5) is 5.69 Å². The quantitative estimate of drug-likeness (QED) is 0.528. The zero-order valence-corrected chi connectivity index (χ0v) is 11.3. The number of carbonyl (C=O) groups excluding carboxylic acids is 2. The van der Waals surface area contributed by atoms with Gasteiger partial charge in [0.05, 0.1) is 16.0 Å². The maximum Gasteiger partial charge on any atom is 0.197 e. The van der Waals surface area contributed by atoms with Gasteiger partial charge in [-0.25, -0.2) is 8.42 Å². The van der Waals surface area contributed by atoms with Crippen LogP contribution >= 0.6 is 0 Å². The number of ketones is 2. The van der Waals surface area contributed by atoms with Crippen molar-refractivity contribution in [3.63, 3.8) is 0 Å². The Morgan fingerprint density at radius 2 is 1.43 bits per heavy atom. The molecular formula is C14H8NO5S-. The fourth-order valence-electron chi connectivity index (χ4n) is 2.45. The number of nitrogens with two attached hydrogens (primary N) is 1. The van der Waals surface area contributed by atoms with Crippen LogP contribution in [0.2, 0.25) is 0 Å². The molecule has 106 valence electrons. The second kappa shape index (κ2) is 4.24. The van der Waals surface area contributed by atoms with Crippen molar-refractivity contribution in [2.24, 2.45) is 0 Å². The van der Waals surface area contributed by atoms with Gasteiger partial charge in [-0.05, 0) is 12.1 Å². The molecule has 3 rings (SSSR count). The van der Waals surface area contributed by atoms with Crippen molar-refractivity contribution in [2.45, 2.75) is 4.90 Å². The Hall–Kier alpha value is -2.51. The molecule has 2 N–H and O–H groups in total. The number of hydrogen-bond acceptors (Lipinski definition) is 6. The Morgan fingerprint density at radius 1 is 0.857 bits per heavy atom. The third kappa shape index (κ3) is 1.86.